The molecule has 0 saturated carbocycles. The molecule has 0 bridgehead atoms. The highest BCUT2D eigenvalue weighted by atomic mass is 16.6. The minimum absolute atomic E-state index is 0.952. The van der Waals surface area contributed by atoms with Gasteiger partial charge in [0.15, 0.2) is 0 Å². The summed E-state index contributed by atoms with van der Waals surface area (Å²) in [5, 5.41) is 4.01. The second kappa shape index (κ2) is 6.36. The van der Waals surface area contributed by atoms with Crippen LogP contribution in [-0.2, 0) is 11.4 Å². The summed E-state index contributed by atoms with van der Waals surface area (Å²) in [7, 11) is 1.59. The molecule has 1 aliphatic rings. The first-order chi connectivity index (χ1) is 8.79. The van der Waals surface area contributed by atoms with Crippen molar-refractivity contribution in [2.45, 2.75) is 19.9 Å². The summed E-state index contributed by atoms with van der Waals surface area (Å²) in [6, 6.07) is 10.6. The number of benzene rings is 1. The largest absolute Gasteiger partial charge is 0.399 e. The number of oxime groups is 1. The molecular weight excluding hydrogens is 224 g/mol. The van der Waals surface area contributed by atoms with Crippen LogP contribution in [0.4, 0.5) is 0 Å². The molecule has 0 radical (unpaired) electrons. The molecular formula is C15H20N2O. The Morgan fingerprint density at radius 3 is 2.83 bits per heavy atom. The Morgan fingerprint density at radius 2 is 2.11 bits per heavy atom. The molecule has 1 heterocycles. The van der Waals surface area contributed by atoms with Crippen LogP contribution in [0.5, 0.6) is 0 Å². The Labute approximate surface area is 109 Å². The zero-order valence-corrected chi connectivity index (χ0v) is 11.1. The van der Waals surface area contributed by atoms with E-state index < -0.39 is 0 Å². The van der Waals surface area contributed by atoms with Crippen molar-refractivity contribution in [3.05, 3.63) is 47.5 Å². The number of hydrogen-bond donors (Lipinski definition) is 0. The maximum absolute atomic E-state index is 4.84. The van der Waals surface area contributed by atoms with Crippen LogP contribution in [0.1, 0.15) is 18.9 Å². The van der Waals surface area contributed by atoms with E-state index in [1.807, 2.05) is 6.92 Å². The molecule has 0 spiro atoms. The fourth-order valence-electron chi connectivity index (χ4n) is 2.24. The second-order valence-corrected chi connectivity index (χ2v) is 4.57. The Kier molecular flexibility index (Phi) is 4.53. The summed E-state index contributed by atoms with van der Waals surface area (Å²) >= 11 is 0. The summed E-state index contributed by atoms with van der Waals surface area (Å²) < 4.78 is 0. The van der Waals surface area contributed by atoms with Crippen LogP contribution >= 0.6 is 0 Å². The van der Waals surface area contributed by atoms with E-state index in [-0.39, 0.29) is 0 Å². The van der Waals surface area contributed by atoms with Gasteiger partial charge in [0.25, 0.3) is 0 Å². The number of rotatable bonds is 4. The van der Waals surface area contributed by atoms with Gasteiger partial charge in [0.05, 0.1) is 5.71 Å². The predicted octanol–water partition coefficient (Wildman–Crippen LogP) is 2.84. The van der Waals surface area contributed by atoms with Gasteiger partial charge in [-0.05, 0) is 24.5 Å². The first-order valence-corrected chi connectivity index (χ1v) is 6.33. The van der Waals surface area contributed by atoms with Crippen molar-refractivity contribution < 1.29 is 4.84 Å². The molecule has 0 unspecified atom stereocenters. The topological polar surface area (TPSA) is 24.8 Å². The fraction of sp³-hybridized carbons (Fsp3) is 0.400. The van der Waals surface area contributed by atoms with Gasteiger partial charge in [-0.15, -0.1) is 0 Å². The lowest BCUT2D eigenvalue weighted by atomic mass is 10.1. The quantitative estimate of drug-likeness (QED) is 0.601. The molecule has 0 N–H and O–H groups in total. The maximum Gasteiger partial charge on any atom is 0.106 e. The van der Waals surface area contributed by atoms with Gasteiger partial charge in [0.1, 0.15) is 7.11 Å². The predicted molar refractivity (Wildman–Crippen MR) is 74.5 cm³/mol. The van der Waals surface area contributed by atoms with E-state index in [1.54, 1.807) is 7.11 Å². The van der Waals surface area contributed by atoms with Gasteiger partial charge >= 0.3 is 0 Å². The van der Waals surface area contributed by atoms with Crippen LogP contribution in [0.25, 0.3) is 0 Å². The third-order valence-electron chi connectivity index (χ3n) is 3.17. The lowest BCUT2D eigenvalue weighted by Gasteiger charge is -2.27. The summed E-state index contributed by atoms with van der Waals surface area (Å²) in [5.74, 6) is 0. The molecule has 3 heteroatoms. The van der Waals surface area contributed by atoms with Gasteiger partial charge in [-0.3, -0.25) is 4.90 Å². The van der Waals surface area contributed by atoms with Crippen LogP contribution in [0, 0.1) is 0 Å². The summed E-state index contributed by atoms with van der Waals surface area (Å²) in [6.45, 7) is 5.06. The van der Waals surface area contributed by atoms with Crippen molar-refractivity contribution in [3.8, 4) is 0 Å². The van der Waals surface area contributed by atoms with E-state index in [2.05, 4.69) is 46.5 Å². The highest BCUT2D eigenvalue weighted by Gasteiger charge is 2.14. The first-order valence-electron chi connectivity index (χ1n) is 6.33. The lowest BCUT2D eigenvalue weighted by Crippen LogP contribution is -2.31. The minimum atomic E-state index is 0.952. The Balaban J connectivity index is 1.98. The zero-order valence-electron chi connectivity index (χ0n) is 11.1. The van der Waals surface area contributed by atoms with Crippen LogP contribution in [-0.4, -0.2) is 30.8 Å². The average Bonchev–Trinajstić information content (AvgIpc) is 2.40. The molecule has 0 atom stereocenters. The molecule has 0 aliphatic carbocycles. The van der Waals surface area contributed by atoms with Crippen LogP contribution in [0.15, 0.2) is 47.1 Å². The molecule has 1 aromatic carbocycles. The molecule has 0 aromatic heterocycles. The van der Waals surface area contributed by atoms with Crippen molar-refractivity contribution in [1.29, 1.82) is 0 Å². The summed E-state index contributed by atoms with van der Waals surface area (Å²) in [5.41, 5.74) is 3.62. The molecule has 0 amide bonds. The van der Waals surface area contributed by atoms with E-state index in [4.69, 9.17) is 4.84 Å². The van der Waals surface area contributed by atoms with Crippen molar-refractivity contribution in [2.24, 2.45) is 5.16 Å². The lowest BCUT2D eigenvalue weighted by molar-refractivity contribution is 0.212. The first kappa shape index (κ1) is 12.8. The van der Waals surface area contributed by atoms with Crippen molar-refractivity contribution in [2.75, 3.05) is 20.2 Å². The molecule has 0 fully saturated rings. The summed E-state index contributed by atoms with van der Waals surface area (Å²) in [6.07, 6.45) is 3.35. The highest BCUT2D eigenvalue weighted by molar-refractivity contribution is 5.98. The highest BCUT2D eigenvalue weighted by Crippen LogP contribution is 2.14. The minimum Gasteiger partial charge on any atom is -0.399 e. The standard InChI is InChI=1S/C15H20N2O/c1-13(16-18-2)15-9-6-10-17(12-15)11-14-7-4-3-5-8-14/h3-5,7-9H,6,10-12H2,1-2H3. The van der Waals surface area contributed by atoms with Gasteiger partial charge in [0, 0.05) is 19.6 Å². The van der Waals surface area contributed by atoms with Gasteiger partial charge in [-0.1, -0.05) is 41.6 Å². The van der Waals surface area contributed by atoms with E-state index in [1.165, 1.54) is 11.1 Å². The monoisotopic (exact) mass is 244 g/mol. The SMILES string of the molecule is CON=C(C)C1=CCCN(Cc2ccccc2)C1. The Hall–Kier alpha value is -1.61. The molecule has 2 rings (SSSR count). The third kappa shape index (κ3) is 3.44. The molecule has 1 aliphatic heterocycles. The van der Waals surface area contributed by atoms with E-state index in [0.29, 0.717) is 0 Å². The Morgan fingerprint density at radius 1 is 1.33 bits per heavy atom. The van der Waals surface area contributed by atoms with Gasteiger partial charge in [-0.2, -0.15) is 0 Å². The molecule has 3 nitrogen and oxygen atoms in total. The second-order valence-electron chi connectivity index (χ2n) is 4.57. The molecule has 96 valence electrons. The zero-order chi connectivity index (χ0) is 12.8. The maximum atomic E-state index is 4.84. The van der Waals surface area contributed by atoms with Crippen molar-refractivity contribution in [3.63, 3.8) is 0 Å². The van der Waals surface area contributed by atoms with Gasteiger partial charge in [-0.25, -0.2) is 0 Å². The smallest absolute Gasteiger partial charge is 0.106 e. The fourth-order valence-corrected chi connectivity index (χ4v) is 2.24. The van der Waals surface area contributed by atoms with Crippen LogP contribution in [0.2, 0.25) is 0 Å². The number of hydrogen-bond acceptors (Lipinski definition) is 3. The van der Waals surface area contributed by atoms with Crippen LogP contribution < -0.4 is 0 Å². The molecule has 0 saturated heterocycles. The number of nitrogens with zero attached hydrogens (tertiary/aromatic N) is 2. The van der Waals surface area contributed by atoms with Crippen molar-refractivity contribution in [1.82, 2.24) is 4.90 Å². The van der Waals surface area contributed by atoms with E-state index >= 15 is 0 Å². The summed E-state index contributed by atoms with van der Waals surface area (Å²) in [4.78, 5) is 7.28. The normalized spacial score (nSPS) is 17.4. The molecule has 18 heavy (non-hydrogen) atoms. The van der Waals surface area contributed by atoms with Crippen LogP contribution in [0.3, 0.4) is 0 Å². The molecule has 1 aromatic rings. The van der Waals surface area contributed by atoms with E-state index in [9.17, 15) is 0 Å². The van der Waals surface area contributed by atoms with Crippen molar-refractivity contribution >= 4 is 5.71 Å². The Bertz CT molecular complexity index is 437. The average molecular weight is 244 g/mol. The third-order valence-corrected chi connectivity index (χ3v) is 3.17. The van der Waals surface area contributed by atoms with Gasteiger partial charge < -0.3 is 4.84 Å². The van der Waals surface area contributed by atoms with Gasteiger partial charge in [0.2, 0.25) is 0 Å². The van der Waals surface area contributed by atoms with E-state index in [0.717, 1.165) is 31.8 Å².